The van der Waals surface area contributed by atoms with Gasteiger partial charge in [0.1, 0.15) is 6.04 Å². The molecule has 1 atom stereocenters. The van der Waals surface area contributed by atoms with Gasteiger partial charge in [-0.25, -0.2) is 0 Å². The van der Waals surface area contributed by atoms with Crippen molar-refractivity contribution < 1.29 is 9.59 Å². The molecule has 0 saturated carbocycles. The van der Waals surface area contributed by atoms with Crippen molar-refractivity contribution in [2.45, 2.75) is 45.1 Å². The highest BCUT2D eigenvalue weighted by Gasteiger charge is 2.37. The lowest BCUT2D eigenvalue weighted by atomic mass is 9.96. The van der Waals surface area contributed by atoms with E-state index in [1.54, 1.807) is 4.90 Å². The van der Waals surface area contributed by atoms with Gasteiger partial charge in [0.25, 0.3) is 5.91 Å². The average Bonchev–Trinajstić information content (AvgIpc) is 2.59. The van der Waals surface area contributed by atoms with Crippen LogP contribution in [0.4, 0.5) is 11.4 Å². The lowest BCUT2D eigenvalue weighted by molar-refractivity contribution is -0.120. The number of amides is 2. The summed E-state index contributed by atoms with van der Waals surface area (Å²) in [4.78, 5) is 28.8. The van der Waals surface area contributed by atoms with Crippen molar-refractivity contribution in [1.82, 2.24) is 5.32 Å². The number of fused-ring (bicyclic) bond motifs is 3. The zero-order chi connectivity index (χ0) is 16.4. The van der Waals surface area contributed by atoms with Crippen LogP contribution in [0.2, 0.25) is 0 Å². The van der Waals surface area contributed by atoms with E-state index in [0.29, 0.717) is 12.1 Å². The number of hydrogen-bond acceptors (Lipinski definition) is 3. The minimum atomic E-state index is -0.0668. The summed E-state index contributed by atoms with van der Waals surface area (Å²) >= 11 is 0. The van der Waals surface area contributed by atoms with E-state index in [2.05, 4.69) is 17.1 Å². The number of nitrogens with one attached hydrogen (secondary N) is 1. The number of unbranched alkanes of at least 4 members (excludes halogenated alkanes) is 1. The minimum Gasteiger partial charge on any atom is -0.358 e. The second-order valence-corrected chi connectivity index (χ2v) is 6.42. The molecule has 1 saturated heterocycles. The number of benzene rings is 1. The number of hydrogen-bond donors (Lipinski definition) is 1. The van der Waals surface area contributed by atoms with Gasteiger partial charge in [-0.15, -0.1) is 0 Å². The lowest BCUT2D eigenvalue weighted by Gasteiger charge is -2.44. The van der Waals surface area contributed by atoms with Crippen molar-refractivity contribution in [1.29, 1.82) is 0 Å². The van der Waals surface area contributed by atoms with Crippen LogP contribution in [-0.4, -0.2) is 38.0 Å². The number of nitrogens with zero attached hydrogens (tertiary/aromatic N) is 2. The van der Waals surface area contributed by atoms with Crippen molar-refractivity contribution in [2.75, 3.05) is 29.9 Å². The Kier molecular flexibility index (Phi) is 4.55. The first kappa shape index (κ1) is 15.8. The highest BCUT2D eigenvalue weighted by Crippen LogP contribution is 2.39. The third-order valence-corrected chi connectivity index (χ3v) is 4.84. The van der Waals surface area contributed by atoms with E-state index in [9.17, 15) is 9.59 Å². The molecule has 1 aromatic rings. The summed E-state index contributed by atoms with van der Waals surface area (Å²) < 4.78 is 0. The zero-order valence-corrected chi connectivity index (χ0v) is 14.0. The molecule has 1 aromatic carbocycles. The summed E-state index contributed by atoms with van der Waals surface area (Å²) in [5.41, 5.74) is 2.54. The second-order valence-electron chi connectivity index (χ2n) is 6.42. The normalized spacial score (nSPS) is 20.1. The molecule has 1 N–H and O–H groups in total. The molecular weight excluding hydrogens is 290 g/mol. The fourth-order valence-corrected chi connectivity index (χ4v) is 3.48. The van der Waals surface area contributed by atoms with E-state index in [1.165, 1.54) is 0 Å². The molecule has 23 heavy (non-hydrogen) atoms. The van der Waals surface area contributed by atoms with Gasteiger partial charge in [-0.3, -0.25) is 9.59 Å². The largest absolute Gasteiger partial charge is 0.358 e. The molecule has 2 aliphatic heterocycles. The van der Waals surface area contributed by atoms with Gasteiger partial charge in [0.2, 0.25) is 5.91 Å². The van der Waals surface area contributed by atoms with Crippen LogP contribution in [0.5, 0.6) is 0 Å². The lowest BCUT2D eigenvalue weighted by Crippen LogP contribution is -2.54. The Morgan fingerprint density at radius 3 is 2.91 bits per heavy atom. The quantitative estimate of drug-likeness (QED) is 0.869. The molecule has 5 nitrogen and oxygen atoms in total. The van der Waals surface area contributed by atoms with Crippen LogP contribution in [0.1, 0.15) is 49.4 Å². The monoisotopic (exact) mass is 315 g/mol. The van der Waals surface area contributed by atoms with Crippen LogP contribution >= 0.6 is 0 Å². The van der Waals surface area contributed by atoms with Crippen LogP contribution in [0.25, 0.3) is 0 Å². The van der Waals surface area contributed by atoms with Crippen molar-refractivity contribution in [2.24, 2.45) is 0 Å². The molecule has 0 aromatic heterocycles. The first-order chi connectivity index (χ1) is 11.1. The average molecular weight is 315 g/mol. The Hall–Kier alpha value is -2.04. The van der Waals surface area contributed by atoms with Crippen molar-refractivity contribution in [3.05, 3.63) is 23.8 Å². The fourth-order valence-electron chi connectivity index (χ4n) is 3.48. The van der Waals surface area contributed by atoms with Crippen LogP contribution in [0.15, 0.2) is 18.2 Å². The van der Waals surface area contributed by atoms with Crippen LogP contribution in [0, 0.1) is 0 Å². The molecule has 0 aliphatic carbocycles. The maximum Gasteiger partial charge on any atom is 0.251 e. The van der Waals surface area contributed by atoms with Gasteiger partial charge in [-0.05, 0) is 43.9 Å². The highest BCUT2D eigenvalue weighted by molar-refractivity contribution is 6.07. The Bertz CT molecular complexity index is 614. The summed E-state index contributed by atoms with van der Waals surface area (Å²) in [5, 5.41) is 2.93. The van der Waals surface area contributed by atoms with Gasteiger partial charge in [0, 0.05) is 25.7 Å². The first-order valence-electron chi connectivity index (χ1n) is 8.60. The summed E-state index contributed by atoms with van der Waals surface area (Å²) in [6.07, 6.45) is 5.17. The van der Waals surface area contributed by atoms with Gasteiger partial charge in [0.15, 0.2) is 0 Å². The highest BCUT2D eigenvalue weighted by atomic mass is 16.2. The molecule has 1 unspecified atom stereocenters. The van der Waals surface area contributed by atoms with E-state index in [0.717, 1.165) is 50.0 Å². The molecular formula is C18H25N3O2. The molecule has 1 fully saturated rings. The molecule has 2 heterocycles. The van der Waals surface area contributed by atoms with E-state index in [4.69, 9.17) is 0 Å². The van der Waals surface area contributed by atoms with E-state index in [1.807, 2.05) is 25.2 Å². The molecule has 0 radical (unpaired) electrons. The Morgan fingerprint density at radius 2 is 2.13 bits per heavy atom. The van der Waals surface area contributed by atoms with E-state index >= 15 is 0 Å². The van der Waals surface area contributed by atoms with Crippen LogP contribution < -0.4 is 15.1 Å². The van der Waals surface area contributed by atoms with Gasteiger partial charge in [-0.1, -0.05) is 13.3 Å². The number of carbonyl (C=O) groups is 2. The summed E-state index contributed by atoms with van der Waals surface area (Å²) in [7, 11) is 1.81. The topological polar surface area (TPSA) is 52.7 Å². The van der Waals surface area contributed by atoms with Crippen LogP contribution in [-0.2, 0) is 4.79 Å². The van der Waals surface area contributed by atoms with E-state index in [-0.39, 0.29) is 17.9 Å². The fraction of sp³-hybridized carbons (Fsp3) is 0.556. The Balaban J connectivity index is 1.87. The Labute approximate surface area is 137 Å². The summed E-state index contributed by atoms with van der Waals surface area (Å²) in [5.74, 6) is 0.0728. The predicted octanol–water partition coefficient (Wildman–Crippen LogP) is 2.55. The number of anilines is 2. The molecule has 5 heteroatoms. The standard InChI is InChI=1S/C18H25N3O2/c1-3-4-10-19-17(22)13-8-9-14-16(12-13)20(2)18(23)15-7-5-6-11-21(14)15/h8-9,12,15H,3-7,10-11H2,1-2H3,(H,19,22). The molecule has 2 aliphatic rings. The third-order valence-electron chi connectivity index (χ3n) is 4.84. The summed E-state index contributed by atoms with van der Waals surface area (Å²) in [6, 6.07) is 5.67. The van der Waals surface area contributed by atoms with Gasteiger partial charge < -0.3 is 15.1 Å². The molecule has 0 spiro atoms. The third kappa shape index (κ3) is 2.92. The number of carbonyl (C=O) groups excluding carboxylic acids is 2. The first-order valence-corrected chi connectivity index (χ1v) is 8.60. The predicted molar refractivity (Wildman–Crippen MR) is 92.1 cm³/mol. The minimum absolute atomic E-state index is 0.0366. The SMILES string of the molecule is CCCCNC(=O)c1ccc2c(c1)N(C)C(=O)C1CCCCN21. The maximum absolute atomic E-state index is 12.6. The van der Waals surface area contributed by atoms with Crippen LogP contribution in [0.3, 0.4) is 0 Å². The number of rotatable bonds is 4. The Morgan fingerprint density at radius 1 is 1.30 bits per heavy atom. The van der Waals surface area contributed by atoms with Gasteiger partial charge in [0.05, 0.1) is 11.4 Å². The molecule has 2 amide bonds. The van der Waals surface area contributed by atoms with Crippen molar-refractivity contribution in [3.8, 4) is 0 Å². The maximum atomic E-state index is 12.6. The second kappa shape index (κ2) is 6.60. The summed E-state index contributed by atoms with van der Waals surface area (Å²) in [6.45, 7) is 3.70. The number of piperidine rings is 1. The smallest absolute Gasteiger partial charge is 0.251 e. The van der Waals surface area contributed by atoms with E-state index < -0.39 is 0 Å². The molecule has 124 valence electrons. The van der Waals surface area contributed by atoms with Gasteiger partial charge >= 0.3 is 0 Å². The van der Waals surface area contributed by atoms with Crippen molar-refractivity contribution >= 4 is 23.2 Å². The van der Waals surface area contributed by atoms with Gasteiger partial charge in [-0.2, -0.15) is 0 Å². The molecule has 0 bridgehead atoms. The zero-order valence-electron chi connectivity index (χ0n) is 14.0. The van der Waals surface area contributed by atoms with Crippen molar-refractivity contribution in [3.63, 3.8) is 0 Å². The molecule has 3 rings (SSSR count). The number of likely N-dealkylation sites (N-methyl/N-ethyl adjacent to an activating group) is 1.